The van der Waals surface area contributed by atoms with Gasteiger partial charge in [-0.3, -0.25) is 4.79 Å². The molecule has 3 aromatic heterocycles. The highest BCUT2D eigenvalue weighted by atomic mass is 19.1. The number of nitrogens with zero attached hydrogens (tertiary/aromatic N) is 5. The van der Waals surface area contributed by atoms with Crippen LogP contribution in [0.25, 0.3) is 16.6 Å². The molecule has 0 spiro atoms. The van der Waals surface area contributed by atoms with Gasteiger partial charge in [-0.1, -0.05) is 0 Å². The first-order valence-electron chi connectivity index (χ1n) is 12.7. The number of pyridine rings is 2. The Kier molecular flexibility index (Phi) is 6.75. The van der Waals surface area contributed by atoms with E-state index < -0.39 is 17.3 Å². The number of carbonyl (C=O) groups excluding carboxylic acids is 2. The van der Waals surface area contributed by atoms with Crippen molar-refractivity contribution in [3.63, 3.8) is 0 Å². The number of rotatable bonds is 4. The minimum Gasteiger partial charge on any atom is -0.481 e. The average Bonchev–Trinajstić information content (AvgIpc) is 3.27. The van der Waals surface area contributed by atoms with Gasteiger partial charge in [-0.2, -0.15) is 0 Å². The summed E-state index contributed by atoms with van der Waals surface area (Å²) in [5.41, 5.74) is 2.27. The zero-order valence-electron chi connectivity index (χ0n) is 22.6. The second-order valence-electron chi connectivity index (χ2n) is 10.5. The Balaban J connectivity index is 1.42. The molecule has 4 heterocycles. The second kappa shape index (κ2) is 10.0. The second-order valence-corrected chi connectivity index (χ2v) is 10.5. The van der Waals surface area contributed by atoms with Gasteiger partial charge in [0.1, 0.15) is 5.60 Å². The zero-order chi connectivity index (χ0) is 27.9. The van der Waals surface area contributed by atoms with E-state index >= 15 is 0 Å². The number of hydrogen-bond acceptors (Lipinski definition) is 7. The summed E-state index contributed by atoms with van der Waals surface area (Å²) in [6.07, 6.45) is 2.98. The Hall–Kier alpha value is -4.41. The molecule has 11 heteroatoms. The highest BCUT2D eigenvalue weighted by Gasteiger charge is 2.27. The summed E-state index contributed by atoms with van der Waals surface area (Å²) < 4.78 is 27.0. The van der Waals surface area contributed by atoms with Crippen LogP contribution in [0.2, 0.25) is 0 Å². The van der Waals surface area contributed by atoms with Crippen LogP contribution in [0, 0.1) is 12.7 Å². The van der Waals surface area contributed by atoms with Crippen LogP contribution in [0.3, 0.4) is 0 Å². The van der Waals surface area contributed by atoms with Gasteiger partial charge in [0, 0.05) is 61.8 Å². The number of ether oxygens (including phenoxy) is 2. The van der Waals surface area contributed by atoms with Crippen molar-refractivity contribution < 1.29 is 23.5 Å². The topological polar surface area (TPSA) is 101 Å². The Morgan fingerprint density at radius 3 is 2.46 bits per heavy atom. The number of benzene rings is 1. The number of carbonyl (C=O) groups is 2. The maximum Gasteiger partial charge on any atom is 0.410 e. The number of aryl methyl sites for hydroxylation is 1. The van der Waals surface area contributed by atoms with E-state index in [0.717, 1.165) is 11.1 Å². The first-order chi connectivity index (χ1) is 18.5. The molecule has 2 amide bonds. The molecule has 0 radical (unpaired) electrons. The molecular weight excluding hydrogens is 503 g/mol. The van der Waals surface area contributed by atoms with Gasteiger partial charge in [0.25, 0.3) is 5.91 Å². The van der Waals surface area contributed by atoms with Gasteiger partial charge in [-0.05, 0) is 45.9 Å². The van der Waals surface area contributed by atoms with Gasteiger partial charge in [-0.25, -0.2) is 19.2 Å². The fourth-order valence-corrected chi connectivity index (χ4v) is 4.66. The highest BCUT2D eigenvalue weighted by molar-refractivity contribution is 6.14. The molecule has 1 fully saturated rings. The fourth-order valence-electron chi connectivity index (χ4n) is 4.66. The number of anilines is 2. The monoisotopic (exact) mass is 534 g/mol. The summed E-state index contributed by atoms with van der Waals surface area (Å²) >= 11 is 0. The highest BCUT2D eigenvalue weighted by Crippen LogP contribution is 2.32. The van der Waals surface area contributed by atoms with E-state index in [1.807, 2.05) is 32.9 Å². The third kappa shape index (κ3) is 5.43. The lowest BCUT2D eigenvalue weighted by molar-refractivity contribution is 0.0240. The SMILES string of the molecule is COc1ccc2c(N3CCN(C(=O)OC(C)(C)C)CC3)ccc(C(=O)Nc3cc(F)c4nc(C)cn4c3)c2n1. The Morgan fingerprint density at radius 1 is 1.03 bits per heavy atom. The maximum absolute atomic E-state index is 14.6. The quantitative estimate of drug-likeness (QED) is 0.407. The van der Waals surface area contributed by atoms with Gasteiger partial charge in [-0.15, -0.1) is 0 Å². The molecule has 0 aliphatic carbocycles. The molecule has 5 rings (SSSR count). The molecule has 4 aromatic rings. The molecule has 10 nitrogen and oxygen atoms in total. The van der Waals surface area contributed by atoms with Gasteiger partial charge < -0.3 is 29.0 Å². The summed E-state index contributed by atoms with van der Waals surface area (Å²) in [5.74, 6) is -0.603. The number of piperazine rings is 1. The zero-order valence-corrected chi connectivity index (χ0v) is 22.6. The number of nitrogens with one attached hydrogen (secondary N) is 1. The molecule has 1 aliphatic heterocycles. The summed E-state index contributed by atoms with van der Waals surface area (Å²) in [6.45, 7) is 9.51. The van der Waals surface area contributed by atoms with E-state index in [9.17, 15) is 14.0 Å². The lowest BCUT2D eigenvalue weighted by Gasteiger charge is -2.37. The lowest BCUT2D eigenvalue weighted by atomic mass is 10.1. The van der Waals surface area contributed by atoms with Crippen LogP contribution >= 0.6 is 0 Å². The molecule has 0 bridgehead atoms. The van der Waals surface area contributed by atoms with E-state index in [1.165, 1.54) is 13.2 Å². The van der Waals surface area contributed by atoms with Crippen LogP contribution in [0.1, 0.15) is 36.8 Å². The van der Waals surface area contributed by atoms with Gasteiger partial charge >= 0.3 is 6.09 Å². The van der Waals surface area contributed by atoms with Gasteiger partial charge in [0.15, 0.2) is 11.5 Å². The molecule has 39 heavy (non-hydrogen) atoms. The fraction of sp³-hybridized carbons (Fsp3) is 0.357. The van der Waals surface area contributed by atoms with Crippen molar-refractivity contribution in [3.8, 4) is 5.88 Å². The van der Waals surface area contributed by atoms with Crippen LogP contribution in [0.15, 0.2) is 42.7 Å². The van der Waals surface area contributed by atoms with Crippen LogP contribution in [-0.4, -0.2) is 70.2 Å². The van der Waals surface area contributed by atoms with Gasteiger partial charge in [0.2, 0.25) is 5.88 Å². The van der Waals surface area contributed by atoms with E-state index in [1.54, 1.807) is 40.8 Å². The van der Waals surface area contributed by atoms with E-state index in [2.05, 4.69) is 20.2 Å². The normalized spacial score (nSPS) is 14.1. The Labute approximate surface area is 225 Å². The smallest absolute Gasteiger partial charge is 0.410 e. The van der Waals surface area contributed by atoms with Crippen molar-refractivity contribution in [2.24, 2.45) is 0 Å². The van der Waals surface area contributed by atoms with Crippen molar-refractivity contribution in [2.45, 2.75) is 33.3 Å². The molecule has 0 saturated carbocycles. The predicted molar refractivity (Wildman–Crippen MR) is 146 cm³/mol. The van der Waals surface area contributed by atoms with Gasteiger partial charge in [0.05, 0.1) is 29.6 Å². The van der Waals surface area contributed by atoms with Crippen molar-refractivity contribution in [3.05, 3.63) is 59.8 Å². The Morgan fingerprint density at radius 2 is 1.77 bits per heavy atom. The average molecular weight is 535 g/mol. The number of aromatic nitrogens is 3. The largest absolute Gasteiger partial charge is 0.481 e. The van der Waals surface area contributed by atoms with E-state index in [4.69, 9.17) is 9.47 Å². The summed E-state index contributed by atoms with van der Waals surface area (Å²) in [5, 5.41) is 3.55. The summed E-state index contributed by atoms with van der Waals surface area (Å²) in [7, 11) is 1.51. The number of imidazole rings is 1. The van der Waals surface area contributed by atoms with Crippen molar-refractivity contribution in [1.29, 1.82) is 0 Å². The van der Waals surface area contributed by atoms with E-state index in [-0.39, 0.29) is 11.7 Å². The van der Waals surface area contributed by atoms with E-state index in [0.29, 0.717) is 54.5 Å². The molecule has 1 aromatic carbocycles. The van der Waals surface area contributed by atoms with Crippen LogP contribution < -0.4 is 15.0 Å². The van der Waals surface area contributed by atoms with Crippen molar-refractivity contribution in [1.82, 2.24) is 19.3 Å². The molecule has 1 N–H and O–H groups in total. The molecule has 1 aliphatic rings. The van der Waals surface area contributed by atoms with Crippen LogP contribution in [0.5, 0.6) is 5.88 Å². The molecule has 0 atom stereocenters. The molecule has 204 valence electrons. The minimum absolute atomic E-state index is 0.193. The van der Waals surface area contributed by atoms with Crippen LogP contribution in [-0.2, 0) is 4.74 Å². The Bertz CT molecular complexity index is 1570. The van der Waals surface area contributed by atoms with Crippen molar-refractivity contribution >= 4 is 39.9 Å². The maximum atomic E-state index is 14.6. The van der Waals surface area contributed by atoms with Crippen molar-refractivity contribution in [2.75, 3.05) is 43.5 Å². The molecule has 0 unspecified atom stereocenters. The predicted octanol–water partition coefficient (Wildman–Crippen LogP) is 4.65. The summed E-state index contributed by atoms with van der Waals surface area (Å²) in [4.78, 5) is 38.5. The third-order valence-corrected chi connectivity index (χ3v) is 6.42. The number of fused-ring (bicyclic) bond motifs is 2. The number of hydrogen-bond donors (Lipinski definition) is 1. The summed E-state index contributed by atoms with van der Waals surface area (Å²) in [6, 6.07) is 8.44. The first-order valence-corrected chi connectivity index (χ1v) is 12.7. The first kappa shape index (κ1) is 26.2. The number of methoxy groups -OCH3 is 1. The number of halogens is 1. The minimum atomic E-state index is -0.555. The standard InChI is InChI=1S/C28H31FN6O4/c1-17-15-35-16-18(14-21(29)25(35)30-17)31-26(36)20-6-8-22(19-7-9-23(38-5)32-24(19)20)33-10-12-34(13-11-33)27(37)39-28(2,3)4/h6-9,14-16H,10-13H2,1-5H3,(H,31,36). The number of amides is 2. The molecule has 1 saturated heterocycles. The van der Waals surface area contributed by atoms with Crippen LogP contribution in [0.4, 0.5) is 20.6 Å². The third-order valence-electron chi connectivity index (χ3n) is 6.42. The lowest BCUT2D eigenvalue weighted by Crippen LogP contribution is -2.50. The molecular formula is C28H31FN6O4.